The smallest absolute Gasteiger partial charge is 0.308 e. The number of hydrogen-bond acceptors (Lipinski definition) is 6. The van der Waals surface area contributed by atoms with Gasteiger partial charge in [0.25, 0.3) is 5.91 Å². The highest BCUT2D eigenvalue weighted by Crippen LogP contribution is 2.35. The number of rotatable bonds is 7. The molecule has 2 aliphatic rings. The summed E-state index contributed by atoms with van der Waals surface area (Å²) in [5, 5.41) is 2.65. The van der Waals surface area contributed by atoms with Gasteiger partial charge in [0.15, 0.2) is 6.61 Å². The first-order chi connectivity index (χ1) is 13.9. The second-order valence-corrected chi connectivity index (χ2v) is 7.38. The summed E-state index contributed by atoms with van der Waals surface area (Å²) in [5.74, 6) is -2.16. The van der Waals surface area contributed by atoms with E-state index in [1.165, 1.54) is 0 Å². The fourth-order valence-electron chi connectivity index (χ4n) is 3.55. The van der Waals surface area contributed by atoms with E-state index in [-0.39, 0.29) is 36.6 Å². The van der Waals surface area contributed by atoms with E-state index < -0.39 is 18.5 Å². The van der Waals surface area contributed by atoms with Crippen LogP contribution in [0.25, 0.3) is 0 Å². The van der Waals surface area contributed by atoms with Gasteiger partial charge in [-0.25, -0.2) is 0 Å². The van der Waals surface area contributed by atoms with E-state index in [2.05, 4.69) is 5.32 Å². The van der Waals surface area contributed by atoms with E-state index in [0.717, 1.165) is 10.6 Å². The zero-order valence-electron chi connectivity index (χ0n) is 16.6. The first-order valence-corrected chi connectivity index (χ1v) is 9.60. The molecule has 1 heterocycles. The van der Waals surface area contributed by atoms with Crippen LogP contribution in [0.4, 0.5) is 11.4 Å². The second kappa shape index (κ2) is 8.89. The van der Waals surface area contributed by atoms with Crippen LogP contribution in [0.3, 0.4) is 0 Å². The number of esters is 1. The Morgan fingerprint density at radius 3 is 2.21 bits per heavy atom. The number of anilines is 2. The van der Waals surface area contributed by atoms with Gasteiger partial charge in [0.1, 0.15) is 0 Å². The molecule has 1 aliphatic heterocycles. The molecule has 0 radical (unpaired) electrons. The summed E-state index contributed by atoms with van der Waals surface area (Å²) in [6, 6.07) is 7.24. The Labute approximate surface area is 169 Å². The maximum Gasteiger partial charge on any atom is 0.308 e. The summed E-state index contributed by atoms with van der Waals surface area (Å²) in [4.78, 5) is 51.7. The highest BCUT2D eigenvalue weighted by molar-refractivity contribution is 6.05. The quantitative estimate of drug-likeness (QED) is 0.425. The summed E-state index contributed by atoms with van der Waals surface area (Å²) in [7, 11) is 3.84. The van der Waals surface area contributed by atoms with Crippen LogP contribution in [-0.4, -0.2) is 55.8 Å². The van der Waals surface area contributed by atoms with Gasteiger partial charge in [-0.1, -0.05) is 12.2 Å². The molecule has 154 valence electrons. The van der Waals surface area contributed by atoms with Gasteiger partial charge >= 0.3 is 5.97 Å². The van der Waals surface area contributed by atoms with Gasteiger partial charge in [-0.05, 0) is 37.1 Å². The van der Waals surface area contributed by atoms with Gasteiger partial charge in [-0.3, -0.25) is 24.1 Å². The van der Waals surface area contributed by atoms with Crippen molar-refractivity contribution < 1.29 is 23.9 Å². The molecule has 1 saturated heterocycles. The van der Waals surface area contributed by atoms with E-state index in [0.29, 0.717) is 18.5 Å². The number of carbonyl (C=O) groups excluding carboxylic acids is 4. The van der Waals surface area contributed by atoms with Crippen molar-refractivity contribution in [3.63, 3.8) is 0 Å². The molecule has 1 fully saturated rings. The molecule has 3 amide bonds. The summed E-state index contributed by atoms with van der Waals surface area (Å²) < 4.78 is 4.97. The minimum absolute atomic E-state index is 0.0167. The Balaban J connectivity index is 1.41. The Hall–Kier alpha value is -3.16. The molecule has 29 heavy (non-hydrogen) atoms. The van der Waals surface area contributed by atoms with Crippen molar-refractivity contribution in [2.45, 2.75) is 19.3 Å². The van der Waals surface area contributed by atoms with Gasteiger partial charge in [-0.15, -0.1) is 0 Å². The van der Waals surface area contributed by atoms with E-state index in [4.69, 9.17) is 4.74 Å². The number of fused-ring (bicyclic) bond motifs is 1. The third kappa shape index (κ3) is 4.82. The van der Waals surface area contributed by atoms with Gasteiger partial charge in [-0.2, -0.15) is 0 Å². The first kappa shape index (κ1) is 20.6. The number of carbonyl (C=O) groups is 4. The molecule has 8 nitrogen and oxygen atoms in total. The minimum atomic E-state index is -0.628. The molecule has 0 spiro atoms. The molecule has 1 aromatic rings. The standard InChI is InChI=1S/C21H25N3O5/c1-23(2)15-9-7-14(8-10-15)22-18(25)13-29-19(26)11-12-24-20(27)16-5-3-4-6-17(16)21(24)28/h3-4,7-10,16-17H,5-6,11-13H2,1-2H3,(H,22,25)/t16-,17-/m1/s1. The molecule has 8 heteroatoms. The van der Waals surface area contributed by atoms with Crippen LogP contribution in [0, 0.1) is 11.8 Å². The number of likely N-dealkylation sites (tertiary alicyclic amines) is 1. The fourth-order valence-corrected chi connectivity index (χ4v) is 3.55. The Morgan fingerprint density at radius 2 is 1.66 bits per heavy atom. The lowest BCUT2D eigenvalue weighted by molar-refractivity contribution is -0.148. The van der Waals surface area contributed by atoms with Crippen molar-refractivity contribution >= 4 is 35.1 Å². The van der Waals surface area contributed by atoms with Crippen molar-refractivity contribution in [1.29, 1.82) is 0 Å². The summed E-state index contributed by atoms with van der Waals surface area (Å²) in [6.07, 6.45) is 4.82. The lowest BCUT2D eigenvalue weighted by Gasteiger charge is -2.14. The van der Waals surface area contributed by atoms with Crippen molar-refractivity contribution in [2.24, 2.45) is 11.8 Å². The van der Waals surface area contributed by atoms with E-state index >= 15 is 0 Å². The van der Waals surface area contributed by atoms with Crippen molar-refractivity contribution in [2.75, 3.05) is 37.5 Å². The average molecular weight is 399 g/mol. The summed E-state index contributed by atoms with van der Waals surface area (Å²) in [5.41, 5.74) is 1.59. The largest absolute Gasteiger partial charge is 0.456 e. The molecule has 0 bridgehead atoms. The van der Waals surface area contributed by atoms with E-state index in [1.54, 1.807) is 12.1 Å². The monoisotopic (exact) mass is 399 g/mol. The predicted molar refractivity (Wildman–Crippen MR) is 107 cm³/mol. The SMILES string of the molecule is CN(C)c1ccc(NC(=O)COC(=O)CCN2C(=O)[C@@H]3CC=CC[C@H]3C2=O)cc1. The number of ether oxygens (including phenoxy) is 1. The van der Waals surface area contributed by atoms with Crippen LogP contribution in [0.2, 0.25) is 0 Å². The molecule has 0 aromatic heterocycles. The number of nitrogens with zero attached hydrogens (tertiary/aromatic N) is 2. The molecule has 1 N–H and O–H groups in total. The maximum absolute atomic E-state index is 12.3. The third-order valence-electron chi connectivity index (χ3n) is 5.17. The molecule has 0 saturated carbocycles. The Bertz CT molecular complexity index is 805. The number of hydrogen-bond donors (Lipinski definition) is 1. The molecular formula is C21H25N3O5. The molecule has 2 atom stereocenters. The van der Waals surface area contributed by atoms with Crippen LogP contribution in [0.15, 0.2) is 36.4 Å². The Kier molecular flexibility index (Phi) is 6.31. The topological polar surface area (TPSA) is 96.0 Å². The highest BCUT2D eigenvalue weighted by atomic mass is 16.5. The normalized spacial score (nSPS) is 20.4. The number of imide groups is 1. The van der Waals surface area contributed by atoms with Gasteiger partial charge < -0.3 is 15.0 Å². The number of amides is 3. The van der Waals surface area contributed by atoms with Crippen LogP contribution in [0.1, 0.15) is 19.3 Å². The van der Waals surface area contributed by atoms with Crippen molar-refractivity contribution in [1.82, 2.24) is 4.90 Å². The van der Waals surface area contributed by atoms with Crippen LogP contribution < -0.4 is 10.2 Å². The zero-order valence-corrected chi connectivity index (χ0v) is 16.6. The average Bonchev–Trinajstić information content (AvgIpc) is 2.95. The van der Waals surface area contributed by atoms with Crippen molar-refractivity contribution in [3.8, 4) is 0 Å². The van der Waals surface area contributed by atoms with Gasteiger partial charge in [0, 0.05) is 32.0 Å². The lowest BCUT2D eigenvalue weighted by Crippen LogP contribution is -2.33. The van der Waals surface area contributed by atoms with E-state index in [1.807, 2.05) is 43.3 Å². The fraction of sp³-hybridized carbons (Fsp3) is 0.429. The zero-order chi connectivity index (χ0) is 21.0. The van der Waals surface area contributed by atoms with Crippen molar-refractivity contribution in [3.05, 3.63) is 36.4 Å². The van der Waals surface area contributed by atoms with Crippen LogP contribution in [-0.2, 0) is 23.9 Å². The molecule has 1 aromatic carbocycles. The minimum Gasteiger partial charge on any atom is -0.456 e. The van der Waals surface area contributed by atoms with E-state index in [9.17, 15) is 19.2 Å². The molecular weight excluding hydrogens is 374 g/mol. The number of allylic oxidation sites excluding steroid dienone is 2. The number of nitrogens with one attached hydrogen (secondary N) is 1. The first-order valence-electron chi connectivity index (χ1n) is 9.60. The highest BCUT2D eigenvalue weighted by Gasteiger charge is 2.46. The molecule has 3 rings (SSSR count). The predicted octanol–water partition coefficient (Wildman–Crippen LogP) is 1.58. The Morgan fingerprint density at radius 1 is 1.07 bits per heavy atom. The van der Waals surface area contributed by atoms with Crippen LogP contribution >= 0.6 is 0 Å². The van der Waals surface area contributed by atoms with Crippen LogP contribution in [0.5, 0.6) is 0 Å². The molecule has 0 unspecified atom stereocenters. The summed E-state index contributed by atoms with van der Waals surface area (Å²) in [6.45, 7) is -0.442. The second-order valence-electron chi connectivity index (χ2n) is 7.38. The molecule has 1 aliphatic carbocycles. The number of benzene rings is 1. The summed E-state index contributed by atoms with van der Waals surface area (Å²) >= 11 is 0. The lowest BCUT2D eigenvalue weighted by atomic mass is 9.85. The van der Waals surface area contributed by atoms with Gasteiger partial charge in [0.05, 0.1) is 18.3 Å². The third-order valence-corrected chi connectivity index (χ3v) is 5.17. The van der Waals surface area contributed by atoms with Gasteiger partial charge in [0.2, 0.25) is 11.8 Å². The maximum atomic E-state index is 12.3.